The van der Waals surface area contributed by atoms with Gasteiger partial charge in [0.1, 0.15) is 0 Å². The van der Waals surface area contributed by atoms with Gasteiger partial charge in [-0.1, -0.05) is 72.1 Å². The maximum atomic E-state index is 9.88. The van der Waals surface area contributed by atoms with Crippen molar-refractivity contribution in [3.8, 4) is 0 Å². The number of aliphatic hydroxyl groups is 1. The molecule has 9 atom stereocenters. The molecular weight excluding hydrogens is 392 g/mol. The standard InChI is InChI=1S/C30H50O2/c1-7-28(31)32-23-15-17-29(5)22(19-23)11-12-24-26-14-13-25(21(4)10-8-9-20(2)3)30(26,6)18-16-27(24)29/h7,11,20-21,23-28,31H,1,8-10,12-19H2,2-6H3/t21?,23?,24?,25?,26?,27?,28-,29-,30+/m0/s1. The molecule has 6 unspecified atom stereocenters. The molecule has 2 heteroatoms. The van der Waals surface area contributed by atoms with Gasteiger partial charge in [-0.05, 0) is 104 Å². The van der Waals surface area contributed by atoms with Gasteiger partial charge in [0.05, 0.1) is 6.10 Å². The second-order valence-electron chi connectivity index (χ2n) is 12.9. The van der Waals surface area contributed by atoms with Gasteiger partial charge < -0.3 is 9.84 Å². The topological polar surface area (TPSA) is 29.5 Å². The van der Waals surface area contributed by atoms with Gasteiger partial charge in [-0.25, -0.2) is 0 Å². The number of rotatable bonds is 8. The summed E-state index contributed by atoms with van der Waals surface area (Å²) in [6, 6.07) is 0. The predicted octanol–water partition coefficient (Wildman–Crippen LogP) is 7.92. The first-order valence-electron chi connectivity index (χ1n) is 13.8. The zero-order chi connectivity index (χ0) is 23.1. The van der Waals surface area contributed by atoms with Crippen LogP contribution in [0.15, 0.2) is 24.3 Å². The average Bonchev–Trinajstić information content (AvgIpc) is 3.11. The Morgan fingerprint density at radius 2 is 1.88 bits per heavy atom. The third kappa shape index (κ3) is 4.40. The first kappa shape index (κ1) is 24.5. The van der Waals surface area contributed by atoms with E-state index in [0.29, 0.717) is 10.8 Å². The Morgan fingerprint density at radius 3 is 2.59 bits per heavy atom. The second-order valence-corrected chi connectivity index (χ2v) is 12.9. The van der Waals surface area contributed by atoms with E-state index in [0.717, 1.165) is 48.3 Å². The van der Waals surface area contributed by atoms with Crippen LogP contribution >= 0.6 is 0 Å². The van der Waals surface area contributed by atoms with Crippen LogP contribution in [0.4, 0.5) is 0 Å². The summed E-state index contributed by atoms with van der Waals surface area (Å²) in [5.74, 6) is 5.31. The number of hydrogen-bond acceptors (Lipinski definition) is 2. The summed E-state index contributed by atoms with van der Waals surface area (Å²) >= 11 is 0. The van der Waals surface area contributed by atoms with Gasteiger partial charge in [-0.2, -0.15) is 0 Å². The molecule has 0 bridgehead atoms. The molecule has 1 N–H and O–H groups in total. The van der Waals surface area contributed by atoms with Gasteiger partial charge in [0.15, 0.2) is 6.29 Å². The molecule has 3 saturated carbocycles. The lowest BCUT2D eigenvalue weighted by atomic mass is 9.47. The van der Waals surface area contributed by atoms with Crippen molar-refractivity contribution in [3.05, 3.63) is 24.3 Å². The first-order valence-corrected chi connectivity index (χ1v) is 13.8. The van der Waals surface area contributed by atoms with Crippen molar-refractivity contribution in [3.63, 3.8) is 0 Å². The Kier molecular flexibility index (Phi) is 7.33. The Labute approximate surface area is 198 Å². The van der Waals surface area contributed by atoms with E-state index in [9.17, 15) is 5.11 Å². The Morgan fingerprint density at radius 1 is 1.09 bits per heavy atom. The van der Waals surface area contributed by atoms with Gasteiger partial charge in [-0.3, -0.25) is 0 Å². The molecule has 4 rings (SSSR count). The summed E-state index contributed by atoms with van der Waals surface area (Å²) in [4.78, 5) is 0. The van der Waals surface area contributed by atoms with Gasteiger partial charge in [0.25, 0.3) is 0 Å². The highest BCUT2D eigenvalue weighted by Crippen LogP contribution is 2.67. The van der Waals surface area contributed by atoms with E-state index < -0.39 is 6.29 Å². The highest BCUT2D eigenvalue weighted by molar-refractivity contribution is 5.25. The monoisotopic (exact) mass is 442 g/mol. The number of fused-ring (bicyclic) bond motifs is 5. The Balaban J connectivity index is 1.45. The van der Waals surface area contributed by atoms with Crippen LogP contribution in [0.2, 0.25) is 0 Å². The minimum atomic E-state index is -0.824. The maximum Gasteiger partial charge on any atom is 0.174 e. The summed E-state index contributed by atoms with van der Waals surface area (Å²) in [6.07, 6.45) is 18.0. The third-order valence-electron chi connectivity index (χ3n) is 10.8. The van der Waals surface area contributed by atoms with Crippen molar-refractivity contribution in [1.29, 1.82) is 0 Å². The zero-order valence-electron chi connectivity index (χ0n) is 21.6. The normalized spacial score (nSPS) is 43.1. The number of allylic oxidation sites excluding steroid dienone is 1. The number of hydrogen-bond donors (Lipinski definition) is 1. The molecule has 32 heavy (non-hydrogen) atoms. The van der Waals surface area contributed by atoms with Crippen molar-refractivity contribution in [2.24, 2.45) is 46.3 Å². The van der Waals surface area contributed by atoms with Crippen molar-refractivity contribution >= 4 is 0 Å². The van der Waals surface area contributed by atoms with E-state index in [1.165, 1.54) is 63.9 Å². The largest absolute Gasteiger partial charge is 0.365 e. The fraction of sp³-hybridized carbons (Fsp3) is 0.867. The molecular formula is C30H50O2. The molecule has 3 fully saturated rings. The molecule has 0 saturated heterocycles. The Hall–Kier alpha value is -0.600. The minimum absolute atomic E-state index is 0.148. The lowest BCUT2D eigenvalue weighted by Gasteiger charge is -2.58. The summed E-state index contributed by atoms with van der Waals surface area (Å²) < 4.78 is 5.84. The molecule has 4 aliphatic carbocycles. The molecule has 0 spiro atoms. The van der Waals surface area contributed by atoms with E-state index in [1.807, 2.05) is 0 Å². The summed E-state index contributed by atoms with van der Waals surface area (Å²) in [5.41, 5.74) is 2.55. The molecule has 2 nitrogen and oxygen atoms in total. The smallest absolute Gasteiger partial charge is 0.174 e. The van der Waals surface area contributed by atoms with E-state index in [4.69, 9.17) is 4.74 Å². The molecule has 0 amide bonds. The molecule has 0 radical (unpaired) electrons. The minimum Gasteiger partial charge on any atom is -0.365 e. The molecule has 0 aromatic rings. The van der Waals surface area contributed by atoms with Crippen molar-refractivity contribution in [1.82, 2.24) is 0 Å². The van der Waals surface area contributed by atoms with Crippen molar-refractivity contribution in [2.45, 2.75) is 118 Å². The predicted molar refractivity (Wildman–Crippen MR) is 134 cm³/mol. The molecule has 182 valence electrons. The highest BCUT2D eigenvalue weighted by Gasteiger charge is 2.59. The fourth-order valence-electron chi connectivity index (χ4n) is 9.02. The van der Waals surface area contributed by atoms with Crippen LogP contribution < -0.4 is 0 Å². The molecule has 0 heterocycles. The average molecular weight is 443 g/mol. The quantitative estimate of drug-likeness (QED) is 0.305. The number of ether oxygens (including phenoxy) is 1. The number of aliphatic hydroxyl groups excluding tert-OH is 1. The summed E-state index contributed by atoms with van der Waals surface area (Å²) in [7, 11) is 0. The SMILES string of the molecule is C=C[C@@H](O)OC1CC[C@@]2(C)C(=CCC3C4CCC(C(C)CCCC(C)C)[C@@]4(C)CCC32)C1. The summed E-state index contributed by atoms with van der Waals surface area (Å²) in [6.45, 7) is 16.2. The van der Waals surface area contributed by atoms with Crippen LogP contribution in [0.3, 0.4) is 0 Å². The van der Waals surface area contributed by atoms with Crippen LogP contribution in [-0.2, 0) is 4.74 Å². The molecule has 0 aromatic heterocycles. The van der Waals surface area contributed by atoms with E-state index in [2.05, 4.69) is 47.3 Å². The van der Waals surface area contributed by atoms with Crippen LogP contribution in [0.25, 0.3) is 0 Å². The van der Waals surface area contributed by atoms with Crippen LogP contribution in [0, 0.1) is 46.3 Å². The van der Waals surface area contributed by atoms with Gasteiger partial charge in [0.2, 0.25) is 0 Å². The van der Waals surface area contributed by atoms with Gasteiger partial charge in [0, 0.05) is 0 Å². The van der Waals surface area contributed by atoms with Crippen LogP contribution in [-0.4, -0.2) is 17.5 Å². The van der Waals surface area contributed by atoms with Crippen molar-refractivity contribution < 1.29 is 9.84 Å². The van der Waals surface area contributed by atoms with Gasteiger partial charge in [-0.15, -0.1) is 0 Å². The third-order valence-corrected chi connectivity index (χ3v) is 10.8. The van der Waals surface area contributed by atoms with Crippen LogP contribution in [0.1, 0.15) is 105 Å². The fourth-order valence-corrected chi connectivity index (χ4v) is 9.02. The summed E-state index contributed by atoms with van der Waals surface area (Å²) in [5, 5.41) is 9.88. The van der Waals surface area contributed by atoms with Crippen molar-refractivity contribution in [2.75, 3.05) is 0 Å². The lowest BCUT2D eigenvalue weighted by molar-refractivity contribution is -0.124. The van der Waals surface area contributed by atoms with E-state index in [1.54, 1.807) is 5.57 Å². The van der Waals surface area contributed by atoms with Gasteiger partial charge >= 0.3 is 0 Å². The Bertz CT molecular complexity index is 695. The molecule has 0 aliphatic heterocycles. The highest BCUT2D eigenvalue weighted by atomic mass is 16.6. The zero-order valence-corrected chi connectivity index (χ0v) is 21.6. The first-order chi connectivity index (χ1) is 15.2. The van der Waals surface area contributed by atoms with E-state index in [-0.39, 0.29) is 6.10 Å². The van der Waals surface area contributed by atoms with E-state index >= 15 is 0 Å². The maximum absolute atomic E-state index is 9.88. The second kappa shape index (κ2) is 9.57. The van der Waals surface area contributed by atoms with Crippen LogP contribution in [0.5, 0.6) is 0 Å². The molecule has 0 aromatic carbocycles. The lowest BCUT2D eigenvalue weighted by Crippen LogP contribution is -2.51. The molecule has 4 aliphatic rings.